The third kappa shape index (κ3) is 3.24. The van der Waals surface area contributed by atoms with E-state index in [1.807, 2.05) is 49.9 Å². The molecule has 0 fully saturated rings. The maximum absolute atomic E-state index is 13.0. The molecule has 0 saturated carbocycles. The number of aromatic nitrogens is 2. The van der Waals surface area contributed by atoms with Gasteiger partial charge in [0.2, 0.25) is 5.91 Å². The Balaban J connectivity index is 1.80. The van der Waals surface area contributed by atoms with Gasteiger partial charge in [0.1, 0.15) is 10.9 Å². The van der Waals surface area contributed by atoms with Crippen molar-refractivity contribution in [2.45, 2.75) is 50.4 Å². The van der Waals surface area contributed by atoms with Gasteiger partial charge < -0.3 is 4.90 Å². The summed E-state index contributed by atoms with van der Waals surface area (Å²) in [6, 6.07) is 10.3. The van der Waals surface area contributed by atoms with E-state index in [1.165, 1.54) is 17.3 Å². The fraction of sp³-hybridized carbons (Fsp3) is 0.389. The molecule has 0 bridgehead atoms. The molecule has 0 saturated heterocycles. The number of aryl methyl sites for hydroxylation is 2. The zero-order valence-electron chi connectivity index (χ0n) is 13.9. The summed E-state index contributed by atoms with van der Waals surface area (Å²) in [5.74, 6) is 0.883. The average Bonchev–Trinajstić information content (AvgIpc) is 2.81. The molecule has 2 atom stereocenters. The summed E-state index contributed by atoms with van der Waals surface area (Å²) in [7, 11) is 0. The third-order valence-corrected chi connectivity index (χ3v) is 5.04. The minimum absolute atomic E-state index is 0.140. The van der Waals surface area contributed by atoms with E-state index < -0.39 is 0 Å². The van der Waals surface area contributed by atoms with Crippen LogP contribution in [0.1, 0.15) is 30.9 Å². The van der Waals surface area contributed by atoms with Crippen molar-refractivity contribution < 1.29 is 4.79 Å². The summed E-state index contributed by atoms with van der Waals surface area (Å²) in [5.41, 5.74) is 3.23. The molecule has 1 aromatic heterocycles. The fourth-order valence-corrected chi connectivity index (χ4v) is 4.07. The van der Waals surface area contributed by atoms with E-state index in [0.717, 1.165) is 28.7 Å². The number of thioether (sulfide) groups is 1. The molecule has 2 heterocycles. The summed E-state index contributed by atoms with van der Waals surface area (Å²) in [5, 5.41) is 0.674. The first-order valence-corrected chi connectivity index (χ1v) is 8.73. The molecule has 0 radical (unpaired) electrons. The zero-order valence-corrected chi connectivity index (χ0v) is 14.7. The Hall–Kier alpha value is -1.88. The minimum atomic E-state index is -0.183. The Morgan fingerprint density at radius 3 is 2.78 bits per heavy atom. The highest BCUT2D eigenvalue weighted by atomic mass is 32.2. The van der Waals surface area contributed by atoms with Crippen LogP contribution in [0.15, 0.2) is 35.4 Å². The lowest BCUT2D eigenvalue weighted by Crippen LogP contribution is -2.40. The van der Waals surface area contributed by atoms with Gasteiger partial charge in [-0.15, -0.1) is 0 Å². The van der Waals surface area contributed by atoms with Crippen LogP contribution in [0.3, 0.4) is 0 Å². The number of hydrogen-bond acceptors (Lipinski definition) is 4. The van der Waals surface area contributed by atoms with Gasteiger partial charge in [0, 0.05) is 17.4 Å². The zero-order chi connectivity index (χ0) is 16.6. The molecule has 1 aliphatic rings. The molecular formula is C18H21N3OS. The van der Waals surface area contributed by atoms with E-state index in [1.54, 1.807) is 0 Å². The molecule has 5 heteroatoms. The molecule has 23 heavy (non-hydrogen) atoms. The fourth-order valence-electron chi connectivity index (χ4n) is 3.07. The lowest BCUT2D eigenvalue weighted by molar-refractivity contribution is -0.118. The Kier molecular flexibility index (Phi) is 4.39. The van der Waals surface area contributed by atoms with Crippen molar-refractivity contribution in [3.05, 3.63) is 47.4 Å². The van der Waals surface area contributed by atoms with Gasteiger partial charge in [-0.25, -0.2) is 9.97 Å². The van der Waals surface area contributed by atoms with Crippen LogP contribution in [-0.4, -0.2) is 27.2 Å². The molecule has 0 N–H and O–H groups in total. The maximum atomic E-state index is 13.0. The van der Waals surface area contributed by atoms with Gasteiger partial charge in [-0.05, 0) is 51.8 Å². The van der Waals surface area contributed by atoms with Crippen molar-refractivity contribution in [2.24, 2.45) is 0 Å². The summed E-state index contributed by atoms with van der Waals surface area (Å²) in [6.07, 6.45) is 0.922. The summed E-state index contributed by atoms with van der Waals surface area (Å²) >= 11 is 1.50. The average molecular weight is 327 g/mol. The number of hydrogen-bond donors (Lipinski definition) is 0. The Morgan fingerprint density at radius 1 is 1.30 bits per heavy atom. The second kappa shape index (κ2) is 6.32. The number of anilines is 1. The first kappa shape index (κ1) is 16.0. The molecule has 2 aromatic rings. The van der Waals surface area contributed by atoms with Gasteiger partial charge in [-0.2, -0.15) is 0 Å². The van der Waals surface area contributed by atoms with E-state index >= 15 is 0 Å². The lowest BCUT2D eigenvalue weighted by Gasteiger charge is -2.25. The normalized spacial score (nSPS) is 17.9. The monoisotopic (exact) mass is 327 g/mol. The van der Waals surface area contributed by atoms with Gasteiger partial charge in [-0.1, -0.05) is 30.0 Å². The van der Waals surface area contributed by atoms with Crippen molar-refractivity contribution in [3.8, 4) is 0 Å². The van der Waals surface area contributed by atoms with Gasteiger partial charge in [-0.3, -0.25) is 4.79 Å². The van der Waals surface area contributed by atoms with Gasteiger partial charge in [0.05, 0.1) is 5.25 Å². The van der Waals surface area contributed by atoms with Crippen LogP contribution in [0, 0.1) is 13.8 Å². The van der Waals surface area contributed by atoms with Crippen molar-refractivity contribution in [2.75, 3.05) is 4.90 Å². The van der Waals surface area contributed by atoms with E-state index in [0.29, 0.717) is 0 Å². The Labute approximate surface area is 141 Å². The molecule has 120 valence electrons. The first-order chi connectivity index (χ1) is 11.0. The molecule has 0 spiro atoms. The number of fused-ring (bicyclic) bond motifs is 1. The SMILES string of the molecule is Cc1cc(SC(C)C(=O)N2c3ccccc3CC2C)nc(C)n1. The molecule has 1 amide bonds. The first-order valence-electron chi connectivity index (χ1n) is 7.85. The van der Waals surface area contributed by atoms with E-state index in [-0.39, 0.29) is 17.2 Å². The van der Waals surface area contributed by atoms with E-state index in [9.17, 15) is 4.79 Å². The van der Waals surface area contributed by atoms with E-state index in [2.05, 4.69) is 23.0 Å². The minimum Gasteiger partial charge on any atom is -0.308 e. The highest BCUT2D eigenvalue weighted by Gasteiger charge is 2.33. The second-order valence-electron chi connectivity index (χ2n) is 6.04. The number of amides is 1. The molecular weight excluding hydrogens is 306 g/mol. The highest BCUT2D eigenvalue weighted by Crippen LogP contribution is 2.34. The van der Waals surface area contributed by atoms with Crippen LogP contribution < -0.4 is 4.90 Å². The van der Waals surface area contributed by atoms with Gasteiger partial charge >= 0.3 is 0 Å². The van der Waals surface area contributed by atoms with Crippen LogP contribution in [0.4, 0.5) is 5.69 Å². The molecule has 0 aliphatic carbocycles. The molecule has 1 aliphatic heterocycles. The summed E-state index contributed by atoms with van der Waals surface area (Å²) < 4.78 is 0. The topological polar surface area (TPSA) is 46.1 Å². The van der Waals surface area contributed by atoms with Crippen LogP contribution in [-0.2, 0) is 11.2 Å². The number of carbonyl (C=O) groups excluding carboxylic acids is 1. The molecule has 2 unspecified atom stereocenters. The number of benzene rings is 1. The largest absolute Gasteiger partial charge is 0.308 e. The van der Waals surface area contributed by atoms with Gasteiger partial charge in [0.15, 0.2) is 0 Å². The predicted octanol–water partition coefficient (Wildman–Crippen LogP) is 3.55. The summed E-state index contributed by atoms with van der Waals surface area (Å²) in [6.45, 7) is 7.88. The number of para-hydroxylation sites is 1. The number of carbonyl (C=O) groups is 1. The van der Waals surface area contributed by atoms with Crippen LogP contribution in [0.5, 0.6) is 0 Å². The Morgan fingerprint density at radius 2 is 2.04 bits per heavy atom. The standard InChI is InChI=1S/C18H21N3OS/c1-11-9-17(20-14(4)19-11)23-13(3)18(22)21-12(2)10-15-7-5-6-8-16(15)21/h5-9,12-13H,10H2,1-4H3. The quantitative estimate of drug-likeness (QED) is 0.639. The molecule has 3 rings (SSSR count). The predicted molar refractivity (Wildman–Crippen MR) is 93.9 cm³/mol. The van der Waals surface area contributed by atoms with Gasteiger partial charge in [0.25, 0.3) is 0 Å². The second-order valence-corrected chi connectivity index (χ2v) is 7.41. The number of nitrogens with zero attached hydrogens (tertiary/aromatic N) is 3. The van der Waals surface area contributed by atoms with Crippen molar-refractivity contribution in [1.29, 1.82) is 0 Å². The smallest absolute Gasteiger partial charge is 0.240 e. The Bertz CT molecular complexity index is 727. The summed E-state index contributed by atoms with van der Waals surface area (Å²) in [4.78, 5) is 23.6. The maximum Gasteiger partial charge on any atom is 0.240 e. The van der Waals surface area contributed by atoms with Crippen molar-refractivity contribution >= 4 is 23.4 Å². The third-order valence-electron chi connectivity index (χ3n) is 4.03. The van der Waals surface area contributed by atoms with Crippen molar-refractivity contribution in [1.82, 2.24) is 9.97 Å². The highest BCUT2D eigenvalue weighted by molar-refractivity contribution is 8.00. The molecule has 1 aromatic carbocycles. The lowest BCUT2D eigenvalue weighted by atomic mass is 10.1. The van der Waals surface area contributed by atoms with Crippen LogP contribution in [0.25, 0.3) is 0 Å². The number of rotatable bonds is 3. The van der Waals surface area contributed by atoms with Crippen molar-refractivity contribution in [3.63, 3.8) is 0 Å². The molecule has 4 nitrogen and oxygen atoms in total. The van der Waals surface area contributed by atoms with Crippen LogP contribution >= 0.6 is 11.8 Å². The van der Waals surface area contributed by atoms with Crippen LogP contribution in [0.2, 0.25) is 0 Å². The van der Waals surface area contributed by atoms with E-state index in [4.69, 9.17) is 0 Å².